The van der Waals surface area contributed by atoms with Gasteiger partial charge in [-0.3, -0.25) is 4.98 Å². The average molecular weight is 343 g/mol. The number of hydrogen-bond donors (Lipinski definition) is 1. The Bertz CT molecular complexity index is 768. The second-order valence-electron chi connectivity index (χ2n) is 4.74. The zero-order chi connectivity index (χ0) is 14.7. The minimum atomic E-state index is 0.499. The van der Waals surface area contributed by atoms with E-state index in [4.69, 9.17) is 10.5 Å². The van der Waals surface area contributed by atoms with Crippen LogP contribution in [-0.4, -0.2) is 4.98 Å². The van der Waals surface area contributed by atoms with Gasteiger partial charge in [0.1, 0.15) is 12.4 Å². The van der Waals surface area contributed by atoms with E-state index in [0.29, 0.717) is 13.2 Å². The van der Waals surface area contributed by atoms with E-state index in [2.05, 4.69) is 20.9 Å². The monoisotopic (exact) mass is 342 g/mol. The highest BCUT2D eigenvalue weighted by Crippen LogP contribution is 2.26. The van der Waals surface area contributed by atoms with Crippen molar-refractivity contribution in [3.8, 4) is 5.75 Å². The molecule has 3 aromatic rings. The molecule has 2 aromatic carbocycles. The van der Waals surface area contributed by atoms with Crippen LogP contribution < -0.4 is 10.5 Å². The summed E-state index contributed by atoms with van der Waals surface area (Å²) >= 11 is 3.56. The predicted molar refractivity (Wildman–Crippen MR) is 88.1 cm³/mol. The quantitative estimate of drug-likeness (QED) is 0.778. The van der Waals surface area contributed by atoms with Gasteiger partial charge in [0.05, 0.1) is 5.52 Å². The van der Waals surface area contributed by atoms with Gasteiger partial charge in [0.2, 0.25) is 0 Å². The van der Waals surface area contributed by atoms with Crippen molar-refractivity contribution in [2.45, 2.75) is 13.2 Å². The van der Waals surface area contributed by atoms with Crippen LogP contribution in [0.3, 0.4) is 0 Å². The van der Waals surface area contributed by atoms with Crippen LogP contribution in [0.1, 0.15) is 11.1 Å². The van der Waals surface area contributed by atoms with E-state index < -0.39 is 0 Å². The molecule has 0 unspecified atom stereocenters. The molecule has 0 bridgehead atoms. The number of hydrogen-bond acceptors (Lipinski definition) is 3. The molecule has 0 aliphatic carbocycles. The summed E-state index contributed by atoms with van der Waals surface area (Å²) in [4.78, 5) is 4.33. The van der Waals surface area contributed by atoms with Crippen molar-refractivity contribution in [2.75, 3.05) is 0 Å². The van der Waals surface area contributed by atoms with Crippen molar-refractivity contribution >= 4 is 26.8 Å². The fourth-order valence-electron chi connectivity index (χ4n) is 2.19. The molecule has 0 atom stereocenters. The van der Waals surface area contributed by atoms with E-state index in [0.717, 1.165) is 32.3 Å². The van der Waals surface area contributed by atoms with Crippen molar-refractivity contribution in [1.82, 2.24) is 4.98 Å². The van der Waals surface area contributed by atoms with Crippen LogP contribution in [0.5, 0.6) is 5.75 Å². The van der Waals surface area contributed by atoms with E-state index in [1.165, 1.54) is 0 Å². The first-order valence-electron chi connectivity index (χ1n) is 6.72. The third-order valence-corrected chi connectivity index (χ3v) is 4.08. The Morgan fingerprint density at radius 3 is 2.81 bits per heavy atom. The fraction of sp³-hybridized carbons (Fsp3) is 0.118. The third-order valence-electron chi connectivity index (χ3n) is 3.34. The number of fused-ring (bicyclic) bond motifs is 1. The predicted octanol–water partition coefficient (Wildman–Crippen LogP) is 4.04. The van der Waals surface area contributed by atoms with Crippen molar-refractivity contribution in [3.63, 3.8) is 0 Å². The summed E-state index contributed by atoms with van der Waals surface area (Å²) in [6.07, 6.45) is 1.79. The molecule has 1 heterocycles. The molecule has 0 radical (unpaired) electrons. The van der Waals surface area contributed by atoms with Gasteiger partial charge in [-0.25, -0.2) is 0 Å². The Kier molecular flexibility index (Phi) is 4.18. The summed E-state index contributed by atoms with van der Waals surface area (Å²) in [5.74, 6) is 0.843. The number of nitrogens with two attached hydrogens (primary N) is 1. The highest BCUT2D eigenvalue weighted by atomic mass is 79.9. The summed E-state index contributed by atoms with van der Waals surface area (Å²) < 4.78 is 6.98. The second kappa shape index (κ2) is 6.24. The molecule has 0 aliphatic heterocycles. The van der Waals surface area contributed by atoms with Crippen LogP contribution in [0.4, 0.5) is 0 Å². The van der Waals surface area contributed by atoms with Crippen LogP contribution in [0.2, 0.25) is 0 Å². The second-order valence-corrected chi connectivity index (χ2v) is 5.60. The molecule has 0 saturated carbocycles. The Morgan fingerprint density at radius 2 is 2.00 bits per heavy atom. The molecule has 3 rings (SSSR count). The number of benzene rings is 2. The van der Waals surface area contributed by atoms with Gasteiger partial charge in [0, 0.05) is 28.2 Å². The molecule has 0 spiro atoms. The lowest BCUT2D eigenvalue weighted by Crippen LogP contribution is -2.00. The largest absolute Gasteiger partial charge is 0.488 e. The lowest BCUT2D eigenvalue weighted by Gasteiger charge is -2.11. The van der Waals surface area contributed by atoms with E-state index in [-0.39, 0.29) is 0 Å². The first-order valence-corrected chi connectivity index (χ1v) is 7.51. The summed E-state index contributed by atoms with van der Waals surface area (Å²) in [5.41, 5.74) is 8.76. The number of ether oxygens (including phenoxy) is 1. The maximum absolute atomic E-state index is 5.96. The van der Waals surface area contributed by atoms with Crippen molar-refractivity contribution in [3.05, 3.63) is 70.3 Å². The van der Waals surface area contributed by atoms with Crippen LogP contribution >= 0.6 is 15.9 Å². The minimum absolute atomic E-state index is 0.499. The van der Waals surface area contributed by atoms with Gasteiger partial charge in [0.25, 0.3) is 0 Å². The molecule has 0 amide bonds. The van der Waals surface area contributed by atoms with Gasteiger partial charge < -0.3 is 10.5 Å². The normalized spacial score (nSPS) is 10.8. The molecule has 2 N–H and O–H groups in total. The van der Waals surface area contributed by atoms with Crippen LogP contribution in [0.25, 0.3) is 10.9 Å². The zero-order valence-corrected chi connectivity index (χ0v) is 13.0. The zero-order valence-electron chi connectivity index (χ0n) is 11.4. The molecule has 21 heavy (non-hydrogen) atoms. The number of pyridine rings is 1. The van der Waals surface area contributed by atoms with E-state index in [9.17, 15) is 0 Å². The molecule has 4 heteroatoms. The number of halogens is 1. The first-order chi connectivity index (χ1) is 10.3. The molecule has 3 nitrogen and oxygen atoms in total. The van der Waals surface area contributed by atoms with E-state index >= 15 is 0 Å². The SMILES string of the molecule is NCc1ccc(COc2cccc3ncccc23)c(Br)c1. The molecule has 106 valence electrons. The average Bonchev–Trinajstić information content (AvgIpc) is 2.53. The maximum Gasteiger partial charge on any atom is 0.129 e. The van der Waals surface area contributed by atoms with Gasteiger partial charge in [-0.2, -0.15) is 0 Å². The number of rotatable bonds is 4. The summed E-state index contributed by atoms with van der Waals surface area (Å²) in [6.45, 7) is 1.04. The van der Waals surface area contributed by atoms with Gasteiger partial charge in [-0.1, -0.05) is 34.1 Å². The highest BCUT2D eigenvalue weighted by molar-refractivity contribution is 9.10. The Balaban J connectivity index is 1.84. The summed E-state index contributed by atoms with van der Waals surface area (Å²) in [5, 5.41) is 1.02. The molecule has 0 aliphatic rings. The minimum Gasteiger partial charge on any atom is -0.488 e. The Labute approximate surface area is 131 Å². The maximum atomic E-state index is 5.96. The standard InChI is InChI=1S/C17H15BrN2O/c18-15-9-12(10-19)6-7-13(15)11-21-17-5-1-4-16-14(17)3-2-8-20-16/h1-9H,10-11,19H2. The number of nitrogens with zero attached hydrogens (tertiary/aromatic N) is 1. The molecular formula is C17H15BrN2O. The van der Waals surface area contributed by atoms with E-state index in [1.807, 2.05) is 48.5 Å². The summed E-state index contributed by atoms with van der Waals surface area (Å²) in [7, 11) is 0. The number of aromatic nitrogens is 1. The van der Waals surface area contributed by atoms with Crippen molar-refractivity contribution in [1.29, 1.82) is 0 Å². The lowest BCUT2D eigenvalue weighted by molar-refractivity contribution is 0.309. The smallest absolute Gasteiger partial charge is 0.129 e. The van der Waals surface area contributed by atoms with Crippen molar-refractivity contribution < 1.29 is 4.74 Å². The molecular weight excluding hydrogens is 328 g/mol. The highest BCUT2D eigenvalue weighted by Gasteiger charge is 2.05. The van der Waals surface area contributed by atoms with Gasteiger partial charge >= 0.3 is 0 Å². The third kappa shape index (κ3) is 3.06. The molecule has 1 aromatic heterocycles. The van der Waals surface area contributed by atoms with Crippen LogP contribution in [0, 0.1) is 0 Å². The molecule has 0 fully saturated rings. The fourth-order valence-corrected chi connectivity index (χ4v) is 2.73. The topological polar surface area (TPSA) is 48.1 Å². The van der Waals surface area contributed by atoms with Gasteiger partial charge in [0.15, 0.2) is 0 Å². The first kappa shape index (κ1) is 14.0. The summed E-state index contributed by atoms with van der Waals surface area (Å²) in [6, 6.07) is 15.9. The van der Waals surface area contributed by atoms with E-state index in [1.54, 1.807) is 6.20 Å². The van der Waals surface area contributed by atoms with Crippen LogP contribution in [-0.2, 0) is 13.2 Å². The Hall–Kier alpha value is -1.91. The Morgan fingerprint density at radius 1 is 1.10 bits per heavy atom. The van der Waals surface area contributed by atoms with Crippen LogP contribution in [0.15, 0.2) is 59.2 Å². The van der Waals surface area contributed by atoms with Gasteiger partial charge in [-0.05, 0) is 35.9 Å². The molecule has 0 saturated heterocycles. The van der Waals surface area contributed by atoms with Gasteiger partial charge in [-0.15, -0.1) is 0 Å². The van der Waals surface area contributed by atoms with Crippen molar-refractivity contribution in [2.24, 2.45) is 5.73 Å². The lowest BCUT2D eigenvalue weighted by atomic mass is 10.1.